The van der Waals surface area contributed by atoms with Gasteiger partial charge in [-0.15, -0.1) is 0 Å². The van der Waals surface area contributed by atoms with E-state index in [0.717, 1.165) is 0 Å². The summed E-state index contributed by atoms with van der Waals surface area (Å²) in [4.78, 5) is 0. The largest absolute Gasteiger partial charge is 0.396 e. The molecule has 0 saturated heterocycles. The molecule has 16 heavy (non-hydrogen) atoms. The van der Waals surface area contributed by atoms with E-state index in [4.69, 9.17) is 10.2 Å². The zero-order chi connectivity index (χ0) is 12.8. The summed E-state index contributed by atoms with van der Waals surface area (Å²) in [6, 6.07) is 0. The number of hydrogen-bond donors (Lipinski definition) is 2. The second kappa shape index (κ2) is 7.01. The highest BCUT2D eigenvalue weighted by molar-refractivity contribution is 4.85. The van der Waals surface area contributed by atoms with Crippen LogP contribution >= 0.6 is 0 Å². The number of hydrogen-bond acceptors (Lipinski definition) is 2. The average Bonchev–Trinajstić information content (AvgIpc) is 2.24. The van der Waals surface area contributed by atoms with Crippen molar-refractivity contribution in [1.29, 1.82) is 0 Å². The Kier molecular flexibility index (Phi) is 6.82. The molecule has 0 aliphatic rings. The molecular formula is C9H15F5O2. The van der Waals surface area contributed by atoms with E-state index in [-0.39, 0.29) is 6.42 Å². The monoisotopic (exact) mass is 250 g/mol. The molecule has 0 amide bonds. The normalized spacial score (nSPS) is 18.2. The van der Waals surface area contributed by atoms with Gasteiger partial charge in [0.15, 0.2) is 12.3 Å². The summed E-state index contributed by atoms with van der Waals surface area (Å²) in [7, 11) is 0. The molecule has 0 aromatic heterocycles. The van der Waals surface area contributed by atoms with Gasteiger partial charge in [-0.05, 0) is 12.8 Å². The van der Waals surface area contributed by atoms with Gasteiger partial charge < -0.3 is 10.2 Å². The van der Waals surface area contributed by atoms with Gasteiger partial charge in [0.25, 0.3) is 0 Å². The van der Waals surface area contributed by atoms with Crippen LogP contribution in [0.15, 0.2) is 0 Å². The highest BCUT2D eigenvalue weighted by atomic mass is 19.3. The summed E-state index contributed by atoms with van der Waals surface area (Å²) in [5.41, 5.74) is 0. The first-order valence-corrected chi connectivity index (χ1v) is 4.88. The third kappa shape index (κ3) is 4.61. The van der Waals surface area contributed by atoms with Crippen molar-refractivity contribution >= 4 is 0 Å². The minimum Gasteiger partial charge on any atom is -0.396 e. The van der Waals surface area contributed by atoms with E-state index in [2.05, 4.69) is 0 Å². The van der Waals surface area contributed by atoms with Crippen LogP contribution in [-0.2, 0) is 0 Å². The fraction of sp³-hybridized carbons (Fsp3) is 1.00. The predicted octanol–water partition coefficient (Wildman–Crippen LogP) is 1.79. The molecule has 0 aromatic rings. The maximum Gasteiger partial charge on any atom is 0.311 e. The van der Waals surface area contributed by atoms with E-state index in [1.165, 1.54) is 0 Å². The van der Waals surface area contributed by atoms with Crippen molar-refractivity contribution in [1.82, 2.24) is 0 Å². The Bertz CT molecular complexity index is 191. The zero-order valence-corrected chi connectivity index (χ0v) is 8.55. The summed E-state index contributed by atoms with van der Waals surface area (Å²) in [5, 5.41) is 16.5. The Morgan fingerprint density at radius 2 is 1.44 bits per heavy atom. The van der Waals surface area contributed by atoms with E-state index in [1.54, 1.807) is 0 Å². The standard InChI is InChI=1S/C9H15F5O2/c10-6(3-4-15)1-2-7(11)9(13,14)8(12)5-16/h6-8,15-16H,1-5H2. The number of alkyl halides is 5. The van der Waals surface area contributed by atoms with Crippen molar-refractivity contribution in [3.8, 4) is 0 Å². The van der Waals surface area contributed by atoms with Crippen molar-refractivity contribution in [2.75, 3.05) is 13.2 Å². The second-order valence-electron chi connectivity index (χ2n) is 3.48. The smallest absolute Gasteiger partial charge is 0.311 e. The summed E-state index contributed by atoms with van der Waals surface area (Å²) in [6.07, 6.45) is -9.06. The van der Waals surface area contributed by atoms with E-state index < -0.39 is 50.5 Å². The molecule has 7 heteroatoms. The minimum absolute atomic E-state index is 0.267. The highest BCUT2D eigenvalue weighted by Crippen LogP contribution is 2.31. The van der Waals surface area contributed by atoms with Crippen molar-refractivity contribution in [2.45, 2.75) is 43.7 Å². The SMILES string of the molecule is OCCC(F)CCC(F)C(F)(F)C(F)CO. The Morgan fingerprint density at radius 1 is 0.875 bits per heavy atom. The van der Waals surface area contributed by atoms with Crippen LogP contribution in [0, 0.1) is 0 Å². The lowest BCUT2D eigenvalue weighted by molar-refractivity contribution is -0.141. The lowest BCUT2D eigenvalue weighted by Crippen LogP contribution is -2.42. The molecule has 0 spiro atoms. The molecule has 98 valence electrons. The van der Waals surface area contributed by atoms with Crippen molar-refractivity contribution in [3.63, 3.8) is 0 Å². The molecule has 0 rings (SSSR count). The van der Waals surface area contributed by atoms with Gasteiger partial charge in [0.1, 0.15) is 6.17 Å². The van der Waals surface area contributed by atoms with E-state index in [0.29, 0.717) is 0 Å². The zero-order valence-electron chi connectivity index (χ0n) is 8.55. The Morgan fingerprint density at radius 3 is 1.88 bits per heavy atom. The maximum atomic E-state index is 12.9. The summed E-state index contributed by atoms with van der Waals surface area (Å²) in [5.74, 6) is -4.31. The van der Waals surface area contributed by atoms with Gasteiger partial charge in [-0.2, -0.15) is 0 Å². The van der Waals surface area contributed by atoms with Gasteiger partial charge in [0, 0.05) is 13.0 Å². The first-order valence-electron chi connectivity index (χ1n) is 4.88. The Balaban J connectivity index is 4.08. The van der Waals surface area contributed by atoms with Crippen molar-refractivity contribution in [2.24, 2.45) is 0 Å². The number of halogens is 5. The van der Waals surface area contributed by atoms with Gasteiger partial charge in [-0.3, -0.25) is 0 Å². The number of aliphatic hydroxyl groups excluding tert-OH is 2. The quantitative estimate of drug-likeness (QED) is 0.645. The van der Waals surface area contributed by atoms with Crippen LogP contribution in [0.25, 0.3) is 0 Å². The topological polar surface area (TPSA) is 40.5 Å². The van der Waals surface area contributed by atoms with Gasteiger partial charge in [-0.1, -0.05) is 0 Å². The summed E-state index contributed by atoms with van der Waals surface area (Å²) < 4.78 is 63.6. The molecule has 0 heterocycles. The minimum atomic E-state index is -4.31. The average molecular weight is 250 g/mol. The molecule has 0 saturated carbocycles. The molecule has 0 aromatic carbocycles. The van der Waals surface area contributed by atoms with Crippen LogP contribution in [0.4, 0.5) is 22.0 Å². The van der Waals surface area contributed by atoms with Gasteiger partial charge in [0.05, 0.1) is 6.61 Å². The van der Waals surface area contributed by atoms with Crippen LogP contribution in [0.3, 0.4) is 0 Å². The molecule has 0 radical (unpaired) electrons. The van der Waals surface area contributed by atoms with Gasteiger partial charge >= 0.3 is 5.92 Å². The lowest BCUT2D eigenvalue weighted by atomic mass is 10.0. The van der Waals surface area contributed by atoms with Crippen LogP contribution in [0.2, 0.25) is 0 Å². The molecule has 0 bridgehead atoms. The number of aliphatic hydroxyl groups is 2. The maximum absolute atomic E-state index is 12.9. The molecule has 3 unspecified atom stereocenters. The lowest BCUT2D eigenvalue weighted by Gasteiger charge is -2.23. The first kappa shape index (κ1) is 15.6. The number of rotatable bonds is 8. The third-order valence-corrected chi connectivity index (χ3v) is 2.17. The van der Waals surface area contributed by atoms with Crippen molar-refractivity contribution in [3.05, 3.63) is 0 Å². The van der Waals surface area contributed by atoms with Crippen molar-refractivity contribution < 1.29 is 32.2 Å². The fourth-order valence-corrected chi connectivity index (χ4v) is 1.12. The Labute approximate surface area is 90.1 Å². The molecule has 2 nitrogen and oxygen atoms in total. The molecular weight excluding hydrogens is 235 g/mol. The molecule has 0 fully saturated rings. The van der Waals surface area contributed by atoms with Gasteiger partial charge in [-0.25, -0.2) is 22.0 Å². The fourth-order valence-electron chi connectivity index (χ4n) is 1.12. The summed E-state index contributed by atoms with van der Waals surface area (Å²) in [6.45, 7) is -1.94. The van der Waals surface area contributed by atoms with Gasteiger partial charge in [0.2, 0.25) is 0 Å². The third-order valence-electron chi connectivity index (χ3n) is 2.17. The first-order chi connectivity index (χ1) is 7.36. The molecule has 3 atom stereocenters. The van der Waals surface area contributed by atoms with Crippen LogP contribution < -0.4 is 0 Å². The van der Waals surface area contributed by atoms with E-state index >= 15 is 0 Å². The molecule has 0 aliphatic heterocycles. The van der Waals surface area contributed by atoms with Crippen LogP contribution in [0.1, 0.15) is 19.3 Å². The molecule has 2 N–H and O–H groups in total. The predicted molar refractivity (Wildman–Crippen MR) is 47.7 cm³/mol. The Hall–Kier alpha value is -0.430. The van der Waals surface area contributed by atoms with E-state index in [1.807, 2.05) is 0 Å². The second-order valence-corrected chi connectivity index (χ2v) is 3.48. The molecule has 0 aliphatic carbocycles. The summed E-state index contributed by atoms with van der Waals surface area (Å²) >= 11 is 0. The van der Waals surface area contributed by atoms with Crippen LogP contribution in [-0.4, -0.2) is 47.9 Å². The van der Waals surface area contributed by atoms with E-state index in [9.17, 15) is 22.0 Å². The van der Waals surface area contributed by atoms with Crippen LogP contribution in [0.5, 0.6) is 0 Å². The highest BCUT2D eigenvalue weighted by Gasteiger charge is 2.48.